The van der Waals surface area contributed by atoms with Gasteiger partial charge in [0.15, 0.2) is 11.6 Å². The molecule has 0 aliphatic heterocycles. The van der Waals surface area contributed by atoms with Gasteiger partial charge in [-0.05, 0) is 59.1 Å². The zero-order valence-electron chi connectivity index (χ0n) is 21.1. The molecule has 4 nitrogen and oxygen atoms in total. The first-order valence-corrected chi connectivity index (χ1v) is 12.7. The van der Waals surface area contributed by atoms with E-state index in [9.17, 15) is 9.59 Å². The van der Waals surface area contributed by atoms with Crippen molar-refractivity contribution in [3.05, 3.63) is 94.3 Å². The fraction of sp³-hybridized carbons (Fsp3) is 0.290. The Labute approximate surface area is 207 Å². The summed E-state index contributed by atoms with van der Waals surface area (Å²) in [4.78, 5) is 33.8. The SMILES string of the molecule is CCc1c(C(=O)CC(=O)c2[nH]c(-c3ccccc3)c(CC)c2CC)[nH]c(-c2ccccc2)c1CC. The molecule has 0 aliphatic rings. The number of hydrogen-bond donors (Lipinski definition) is 2. The Morgan fingerprint density at radius 1 is 0.543 bits per heavy atom. The Kier molecular flexibility index (Phi) is 7.50. The van der Waals surface area contributed by atoms with E-state index in [1.165, 1.54) is 0 Å². The first-order valence-electron chi connectivity index (χ1n) is 12.7. The van der Waals surface area contributed by atoms with Gasteiger partial charge < -0.3 is 9.97 Å². The van der Waals surface area contributed by atoms with Crippen LogP contribution in [0.4, 0.5) is 0 Å². The minimum atomic E-state index is -0.157. The fourth-order valence-corrected chi connectivity index (χ4v) is 5.22. The second-order valence-electron chi connectivity index (χ2n) is 8.83. The molecule has 2 N–H and O–H groups in total. The maximum absolute atomic E-state index is 13.5. The number of H-pyrrole nitrogens is 2. The van der Waals surface area contributed by atoms with Crippen LogP contribution >= 0.6 is 0 Å². The van der Waals surface area contributed by atoms with Crippen molar-refractivity contribution < 1.29 is 9.59 Å². The van der Waals surface area contributed by atoms with Crippen LogP contribution in [-0.4, -0.2) is 21.5 Å². The number of nitrogens with one attached hydrogen (secondary N) is 2. The highest BCUT2D eigenvalue weighted by molar-refractivity contribution is 6.14. The van der Waals surface area contributed by atoms with E-state index < -0.39 is 0 Å². The summed E-state index contributed by atoms with van der Waals surface area (Å²) in [6.45, 7) is 8.35. The largest absolute Gasteiger partial charge is 0.352 e. The number of ketones is 2. The second kappa shape index (κ2) is 10.7. The van der Waals surface area contributed by atoms with Crippen LogP contribution in [0.2, 0.25) is 0 Å². The number of rotatable bonds is 10. The molecule has 4 aromatic rings. The van der Waals surface area contributed by atoms with Gasteiger partial charge in [0.05, 0.1) is 17.8 Å². The van der Waals surface area contributed by atoms with Crippen LogP contribution in [0.3, 0.4) is 0 Å². The molecule has 0 unspecified atom stereocenters. The lowest BCUT2D eigenvalue weighted by atomic mass is 9.96. The number of Topliss-reactive ketones (excluding diaryl/α,β-unsaturated/α-hetero) is 2. The molecule has 0 spiro atoms. The second-order valence-corrected chi connectivity index (χ2v) is 8.83. The van der Waals surface area contributed by atoms with E-state index in [1.807, 2.05) is 60.7 Å². The minimum absolute atomic E-state index is 0.153. The van der Waals surface area contributed by atoms with Gasteiger partial charge in [-0.1, -0.05) is 88.4 Å². The zero-order valence-corrected chi connectivity index (χ0v) is 21.1. The number of benzene rings is 2. The Hall–Kier alpha value is -3.66. The predicted octanol–water partition coefficient (Wildman–Crippen LogP) is 7.38. The van der Waals surface area contributed by atoms with Crippen LogP contribution in [0.15, 0.2) is 60.7 Å². The lowest BCUT2D eigenvalue weighted by Crippen LogP contribution is -2.12. The molecule has 4 heteroatoms. The molecule has 2 aromatic heterocycles. The average molecular weight is 467 g/mol. The van der Waals surface area contributed by atoms with Crippen molar-refractivity contribution in [1.29, 1.82) is 0 Å². The van der Waals surface area contributed by atoms with E-state index in [2.05, 4.69) is 37.7 Å². The van der Waals surface area contributed by atoms with Gasteiger partial charge in [0.2, 0.25) is 0 Å². The van der Waals surface area contributed by atoms with E-state index in [0.29, 0.717) is 11.4 Å². The van der Waals surface area contributed by atoms with Crippen LogP contribution in [0, 0.1) is 0 Å². The molecule has 0 atom stereocenters. The van der Waals surface area contributed by atoms with Crippen molar-refractivity contribution in [2.24, 2.45) is 0 Å². The van der Waals surface area contributed by atoms with E-state index >= 15 is 0 Å². The van der Waals surface area contributed by atoms with Crippen LogP contribution < -0.4 is 0 Å². The first-order chi connectivity index (χ1) is 17.0. The average Bonchev–Trinajstić information content (AvgIpc) is 3.47. The molecular formula is C31H34N2O2. The Balaban J connectivity index is 1.70. The highest BCUT2D eigenvalue weighted by Crippen LogP contribution is 2.32. The van der Waals surface area contributed by atoms with Crippen LogP contribution in [0.1, 0.15) is 77.3 Å². The Bertz CT molecular complexity index is 1220. The van der Waals surface area contributed by atoms with E-state index in [0.717, 1.165) is 70.5 Å². The quantitative estimate of drug-likeness (QED) is 0.189. The van der Waals surface area contributed by atoms with Crippen molar-refractivity contribution in [2.45, 2.75) is 59.8 Å². The fourth-order valence-electron chi connectivity index (χ4n) is 5.22. The summed E-state index contributed by atoms with van der Waals surface area (Å²) in [5.41, 5.74) is 9.57. The van der Waals surface area contributed by atoms with Crippen molar-refractivity contribution >= 4 is 11.6 Å². The predicted molar refractivity (Wildman–Crippen MR) is 143 cm³/mol. The third kappa shape index (κ3) is 4.66. The highest BCUT2D eigenvalue weighted by Gasteiger charge is 2.26. The molecule has 0 amide bonds. The van der Waals surface area contributed by atoms with Gasteiger partial charge in [0, 0.05) is 11.4 Å². The molecular weight excluding hydrogens is 432 g/mol. The van der Waals surface area contributed by atoms with Crippen LogP contribution in [-0.2, 0) is 25.7 Å². The summed E-state index contributed by atoms with van der Waals surface area (Å²) in [5.74, 6) is -0.306. The summed E-state index contributed by atoms with van der Waals surface area (Å²) >= 11 is 0. The maximum atomic E-state index is 13.5. The number of carbonyl (C=O) groups is 2. The highest BCUT2D eigenvalue weighted by atomic mass is 16.1. The van der Waals surface area contributed by atoms with Gasteiger partial charge in [-0.25, -0.2) is 0 Å². The monoisotopic (exact) mass is 466 g/mol. The zero-order chi connectivity index (χ0) is 24.9. The van der Waals surface area contributed by atoms with Crippen molar-refractivity contribution in [3.8, 4) is 22.5 Å². The van der Waals surface area contributed by atoms with Gasteiger partial charge >= 0.3 is 0 Å². The summed E-state index contributed by atoms with van der Waals surface area (Å²) in [5, 5.41) is 0. The number of aromatic nitrogens is 2. The third-order valence-corrected chi connectivity index (χ3v) is 6.85. The molecule has 0 saturated carbocycles. The Morgan fingerprint density at radius 3 is 1.20 bits per heavy atom. The smallest absolute Gasteiger partial charge is 0.187 e. The van der Waals surface area contributed by atoms with Crippen molar-refractivity contribution in [2.75, 3.05) is 0 Å². The van der Waals surface area contributed by atoms with Gasteiger partial charge in [-0.3, -0.25) is 9.59 Å². The lowest BCUT2D eigenvalue weighted by molar-refractivity contribution is 0.0888. The Morgan fingerprint density at radius 2 is 0.886 bits per heavy atom. The standard InChI is InChI=1S/C31H34N2O2/c1-5-22-24(7-3)30(32-28(22)20-15-11-9-12-16-20)26(34)19-27(35)31-25(8-4)23(6-2)29(33-31)21-17-13-10-14-18-21/h9-18,32-33H,5-8,19H2,1-4H3. The van der Waals surface area contributed by atoms with E-state index in [4.69, 9.17) is 0 Å². The molecule has 2 aromatic carbocycles. The van der Waals surface area contributed by atoms with E-state index in [1.54, 1.807) is 0 Å². The number of hydrogen-bond acceptors (Lipinski definition) is 2. The third-order valence-electron chi connectivity index (χ3n) is 6.85. The molecule has 2 heterocycles. The summed E-state index contributed by atoms with van der Waals surface area (Å²) < 4.78 is 0. The molecule has 0 bridgehead atoms. The van der Waals surface area contributed by atoms with E-state index in [-0.39, 0.29) is 18.0 Å². The summed E-state index contributed by atoms with van der Waals surface area (Å²) in [7, 11) is 0. The maximum Gasteiger partial charge on any atom is 0.187 e. The molecule has 35 heavy (non-hydrogen) atoms. The van der Waals surface area contributed by atoms with Crippen molar-refractivity contribution in [3.63, 3.8) is 0 Å². The molecule has 0 fully saturated rings. The molecule has 0 aliphatic carbocycles. The lowest BCUT2D eigenvalue weighted by Gasteiger charge is -2.05. The molecule has 0 radical (unpaired) electrons. The summed E-state index contributed by atoms with van der Waals surface area (Å²) in [6.07, 6.45) is 2.96. The normalized spacial score (nSPS) is 11.1. The molecule has 180 valence electrons. The number of carbonyl (C=O) groups excluding carboxylic acids is 2. The first kappa shape index (κ1) is 24.5. The number of aromatic amines is 2. The minimum Gasteiger partial charge on any atom is -0.352 e. The van der Waals surface area contributed by atoms with Gasteiger partial charge in [0.1, 0.15) is 0 Å². The van der Waals surface area contributed by atoms with Gasteiger partial charge in [-0.15, -0.1) is 0 Å². The summed E-state index contributed by atoms with van der Waals surface area (Å²) in [6, 6.07) is 20.2. The van der Waals surface area contributed by atoms with Crippen LogP contribution in [0.25, 0.3) is 22.5 Å². The molecule has 4 rings (SSSR count). The van der Waals surface area contributed by atoms with Gasteiger partial charge in [-0.2, -0.15) is 0 Å². The topological polar surface area (TPSA) is 65.7 Å². The van der Waals surface area contributed by atoms with Crippen molar-refractivity contribution in [1.82, 2.24) is 9.97 Å². The van der Waals surface area contributed by atoms with Gasteiger partial charge in [0.25, 0.3) is 0 Å². The van der Waals surface area contributed by atoms with Crippen LogP contribution in [0.5, 0.6) is 0 Å². The molecule has 0 saturated heterocycles.